The predicted molar refractivity (Wildman–Crippen MR) is 120 cm³/mol. The van der Waals surface area contributed by atoms with Crippen molar-refractivity contribution in [2.24, 2.45) is 4.99 Å². The van der Waals surface area contributed by atoms with E-state index in [9.17, 15) is 9.18 Å². The molecule has 1 aromatic heterocycles. The topological polar surface area (TPSA) is 88.1 Å². The Morgan fingerprint density at radius 2 is 2.16 bits per heavy atom. The van der Waals surface area contributed by atoms with E-state index in [1.54, 1.807) is 37.5 Å². The largest absolute Gasteiger partial charge is 0.453 e. The zero-order chi connectivity index (χ0) is 23.1. The summed E-state index contributed by atoms with van der Waals surface area (Å²) < 4.78 is 25.3. The number of aliphatic imine (C=N–C) groups is 1. The SMILES string of the molecule is CN=C(NCc1ccc(Oc2cccnc2)c(F)c1)N1CCC(NC(=O)OC(C)(C)C)C1. The molecule has 1 fully saturated rings. The lowest BCUT2D eigenvalue weighted by Gasteiger charge is -2.23. The molecule has 0 saturated carbocycles. The Labute approximate surface area is 187 Å². The highest BCUT2D eigenvalue weighted by Gasteiger charge is 2.27. The second-order valence-electron chi connectivity index (χ2n) is 8.53. The number of nitrogens with one attached hydrogen (secondary N) is 2. The first-order chi connectivity index (χ1) is 15.2. The molecule has 1 amide bonds. The van der Waals surface area contributed by atoms with Crippen molar-refractivity contribution in [3.05, 3.63) is 54.1 Å². The van der Waals surface area contributed by atoms with E-state index in [4.69, 9.17) is 9.47 Å². The van der Waals surface area contributed by atoms with Crippen molar-refractivity contribution in [2.45, 2.75) is 45.4 Å². The Balaban J connectivity index is 1.51. The average Bonchev–Trinajstić information content (AvgIpc) is 3.18. The van der Waals surface area contributed by atoms with Crippen LogP contribution in [0.4, 0.5) is 9.18 Å². The number of ether oxygens (including phenoxy) is 2. The van der Waals surface area contributed by atoms with Gasteiger partial charge in [0, 0.05) is 32.9 Å². The van der Waals surface area contributed by atoms with E-state index < -0.39 is 17.5 Å². The van der Waals surface area contributed by atoms with Crippen molar-refractivity contribution in [1.82, 2.24) is 20.5 Å². The van der Waals surface area contributed by atoms with Gasteiger partial charge in [0.25, 0.3) is 0 Å². The fourth-order valence-electron chi connectivity index (χ4n) is 3.33. The van der Waals surface area contributed by atoms with E-state index in [0.29, 0.717) is 24.8 Å². The van der Waals surface area contributed by atoms with Gasteiger partial charge in [0.2, 0.25) is 0 Å². The van der Waals surface area contributed by atoms with Gasteiger partial charge >= 0.3 is 6.09 Å². The van der Waals surface area contributed by atoms with E-state index in [0.717, 1.165) is 18.5 Å². The van der Waals surface area contributed by atoms with Crippen molar-refractivity contribution < 1.29 is 18.7 Å². The minimum atomic E-state index is -0.534. The number of alkyl carbamates (subject to hydrolysis) is 1. The molecule has 172 valence electrons. The number of carbonyl (C=O) groups excluding carboxylic acids is 1. The third-order valence-electron chi connectivity index (χ3n) is 4.73. The number of halogens is 1. The van der Waals surface area contributed by atoms with Gasteiger partial charge in [0.1, 0.15) is 11.4 Å². The molecule has 1 saturated heterocycles. The number of aromatic nitrogens is 1. The molecule has 2 heterocycles. The van der Waals surface area contributed by atoms with Crippen LogP contribution in [0.2, 0.25) is 0 Å². The predicted octanol–water partition coefficient (Wildman–Crippen LogP) is 3.69. The summed E-state index contributed by atoms with van der Waals surface area (Å²) in [5, 5.41) is 6.15. The molecule has 9 heteroatoms. The van der Waals surface area contributed by atoms with Gasteiger partial charge in [-0.1, -0.05) is 6.07 Å². The van der Waals surface area contributed by atoms with Gasteiger partial charge < -0.3 is 25.0 Å². The Hall–Kier alpha value is -3.36. The summed E-state index contributed by atoms with van der Waals surface area (Å²) in [5.41, 5.74) is 0.221. The van der Waals surface area contributed by atoms with Gasteiger partial charge in [-0.25, -0.2) is 9.18 Å². The molecular weight excluding hydrogens is 413 g/mol. The molecular formula is C23H30FN5O3. The summed E-state index contributed by atoms with van der Waals surface area (Å²) in [6.45, 7) is 7.26. The second-order valence-corrected chi connectivity index (χ2v) is 8.53. The number of carbonyl (C=O) groups is 1. The highest BCUT2D eigenvalue weighted by Crippen LogP contribution is 2.24. The molecule has 2 aromatic rings. The number of nitrogens with zero attached hydrogens (tertiary/aromatic N) is 3. The molecule has 1 atom stereocenters. The minimum absolute atomic E-state index is 0.0234. The zero-order valence-electron chi connectivity index (χ0n) is 18.9. The number of likely N-dealkylation sites (tertiary alicyclic amines) is 1. The molecule has 3 rings (SSSR count). The maximum atomic E-state index is 14.5. The summed E-state index contributed by atoms with van der Waals surface area (Å²) in [4.78, 5) is 22.3. The van der Waals surface area contributed by atoms with Crippen LogP contribution in [-0.4, -0.2) is 53.7 Å². The number of amides is 1. The number of guanidine groups is 1. The summed E-state index contributed by atoms with van der Waals surface area (Å²) in [6, 6.07) is 8.24. The second kappa shape index (κ2) is 10.3. The average molecular weight is 444 g/mol. The smallest absolute Gasteiger partial charge is 0.407 e. The van der Waals surface area contributed by atoms with Crippen LogP contribution in [0.1, 0.15) is 32.8 Å². The molecule has 1 unspecified atom stereocenters. The lowest BCUT2D eigenvalue weighted by Crippen LogP contribution is -2.44. The molecule has 2 N–H and O–H groups in total. The summed E-state index contributed by atoms with van der Waals surface area (Å²) in [7, 11) is 1.70. The molecule has 0 bridgehead atoms. The number of rotatable bonds is 5. The molecule has 8 nitrogen and oxygen atoms in total. The molecule has 1 aliphatic heterocycles. The highest BCUT2D eigenvalue weighted by atomic mass is 19.1. The van der Waals surface area contributed by atoms with Crippen LogP contribution >= 0.6 is 0 Å². The van der Waals surface area contributed by atoms with Crippen molar-refractivity contribution in [3.63, 3.8) is 0 Å². The molecule has 0 radical (unpaired) electrons. The maximum Gasteiger partial charge on any atom is 0.407 e. The molecule has 1 aromatic carbocycles. The number of hydrogen-bond donors (Lipinski definition) is 2. The zero-order valence-corrected chi connectivity index (χ0v) is 18.9. The fraction of sp³-hybridized carbons (Fsp3) is 0.435. The first-order valence-corrected chi connectivity index (χ1v) is 10.5. The quantitative estimate of drug-likeness (QED) is 0.541. The van der Waals surface area contributed by atoms with E-state index in [2.05, 4.69) is 25.5 Å². The Kier molecular flexibility index (Phi) is 7.50. The Morgan fingerprint density at radius 3 is 2.81 bits per heavy atom. The first kappa shape index (κ1) is 23.3. The summed E-state index contributed by atoms with van der Waals surface area (Å²) in [6.07, 6.45) is 3.52. The lowest BCUT2D eigenvalue weighted by atomic mass is 10.2. The minimum Gasteiger partial charge on any atom is -0.453 e. The fourth-order valence-corrected chi connectivity index (χ4v) is 3.33. The van der Waals surface area contributed by atoms with Gasteiger partial charge in [0.05, 0.1) is 12.2 Å². The van der Waals surface area contributed by atoms with E-state index in [1.807, 2.05) is 20.8 Å². The molecule has 32 heavy (non-hydrogen) atoms. The van der Waals surface area contributed by atoms with Crippen molar-refractivity contribution in [3.8, 4) is 11.5 Å². The first-order valence-electron chi connectivity index (χ1n) is 10.5. The van der Waals surface area contributed by atoms with Gasteiger partial charge in [-0.05, 0) is 57.0 Å². The molecule has 0 spiro atoms. The number of hydrogen-bond acceptors (Lipinski definition) is 5. The standard InChI is InChI=1S/C23H30FN5O3/c1-23(2,3)32-22(30)28-17-9-11-29(15-17)21(25-4)27-13-16-7-8-20(19(24)12-16)31-18-6-5-10-26-14-18/h5-8,10,12,14,17H,9,11,13,15H2,1-4H3,(H,25,27)(H,28,30). The van der Waals surface area contributed by atoms with Crippen LogP contribution in [0.5, 0.6) is 11.5 Å². The van der Waals surface area contributed by atoms with Crippen LogP contribution in [-0.2, 0) is 11.3 Å². The maximum absolute atomic E-state index is 14.5. The van der Waals surface area contributed by atoms with E-state index in [1.165, 1.54) is 12.3 Å². The highest BCUT2D eigenvalue weighted by molar-refractivity contribution is 5.80. The molecule has 0 aliphatic carbocycles. The van der Waals surface area contributed by atoms with E-state index in [-0.39, 0.29) is 11.8 Å². The van der Waals surface area contributed by atoms with Crippen LogP contribution in [0.3, 0.4) is 0 Å². The Morgan fingerprint density at radius 1 is 1.34 bits per heavy atom. The summed E-state index contributed by atoms with van der Waals surface area (Å²) in [5.74, 6) is 0.850. The monoisotopic (exact) mass is 443 g/mol. The van der Waals surface area contributed by atoms with E-state index >= 15 is 0 Å². The van der Waals surface area contributed by atoms with Gasteiger partial charge in [-0.3, -0.25) is 9.98 Å². The van der Waals surface area contributed by atoms with Crippen molar-refractivity contribution in [2.75, 3.05) is 20.1 Å². The third kappa shape index (κ3) is 6.83. The number of benzene rings is 1. The summed E-state index contributed by atoms with van der Waals surface area (Å²) >= 11 is 0. The van der Waals surface area contributed by atoms with Gasteiger partial charge in [-0.2, -0.15) is 0 Å². The van der Waals surface area contributed by atoms with Crippen LogP contribution in [0.25, 0.3) is 0 Å². The normalized spacial score (nSPS) is 16.6. The van der Waals surface area contributed by atoms with Crippen molar-refractivity contribution >= 4 is 12.1 Å². The molecule has 1 aliphatic rings. The third-order valence-corrected chi connectivity index (χ3v) is 4.73. The Bertz CT molecular complexity index is 946. The van der Waals surface area contributed by atoms with Crippen molar-refractivity contribution in [1.29, 1.82) is 0 Å². The number of pyridine rings is 1. The van der Waals surface area contributed by atoms with Crippen LogP contribution in [0.15, 0.2) is 47.7 Å². The van der Waals surface area contributed by atoms with Gasteiger partial charge in [0.15, 0.2) is 17.5 Å². The van der Waals surface area contributed by atoms with Crippen LogP contribution < -0.4 is 15.4 Å². The lowest BCUT2D eigenvalue weighted by molar-refractivity contribution is 0.0507. The van der Waals surface area contributed by atoms with Crippen LogP contribution in [0, 0.1) is 5.82 Å². The van der Waals surface area contributed by atoms with Gasteiger partial charge in [-0.15, -0.1) is 0 Å².